The van der Waals surface area contributed by atoms with Crippen LogP contribution in [0.3, 0.4) is 0 Å². The highest BCUT2D eigenvalue weighted by molar-refractivity contribution is 5.89. The number of hydrogen-bond donors (Lipinski definition) is 2. The van der Waals surface area contributed by atoms with E-state index in [4.69, 9.17) is 5.11 Å². The molecule has 0 aliphatic carbocycles. The second-order valence-electron chi connectivity index (χ2n) is 9.55. The minimum Gasteiger partial charge on any atom is -0.507 e. The van der Waals surface area contributed by atoms with Gasteiger partial charge in [0.15, 0.2) is 5.65 Å². The molecule has 1 saturated heterocycles. The minimum absolute atomic E-state index is 0.00890. The van der Waals surface area contributed by atoms with Gasteiger partial charge in [-0.1, -0.05) is 12.1 Å². The van der Waals surface area contributed by atoms with Crippen LogP contribution < -0.4 is 5.69 Å². The number of phenolic OH excluding ortho intramolecular Hbond substituents is 1. The Balaban J connectivity index is 1.33. The Morgan fingerprint density at radius 1 is 1.08 bits per heavy atom. The number of phenols is 1. The number of likely N-dealkylation sites (tertiary alicyclic amines) is 1. The van der Waals surface area contributed by atoms with Gasteiger partial charge in [-0.3, -0.25) is 14.0 Å². The molecule has 1 atom stereocenters. The number of rotatable bonds is 6. The maximum absolute atomic E-state index is 13.8. The summed E-state index contributed by atoms with van der Waals surface area (Å²) in [6.07, 6.45) is 6.27. The number of nitrogens with zero attached hydrogens (tertiary/aromatic N) is 6. The van der Waals surface area contributed by atoms with Crippen LogP contribution in [0.2, 0.25) is 0 Å². The highest BCUT2D eigenvalue weighted by Gasteiger charge is 2.29. The van der Waals surface area contributed by atoms with Crippen molar-refractivity contribution in [2.24, 2.45) is 7.05 Å². The first kappa shape index (κ1) is 23.7. The smallest absolute Gasteiger partial charge is 0.335 e. The predicted molar refractivity (Wildman–Crippen MR) is 142 cm³/mol. The Labute approximate surface area is 217 Å². The van der Waals surface area contributed by atoms with Crippen LogP contribution in [0.1, 0.15) is 28.6 Å². The van der Waals surface area contributed by atoms with Gasteiger partial charge in [-0.15, -0.1) is 0 Å². The fourth-order valence-corrected chi connectivity index (χ4v) is 5.24. The van der Waals surface area contributed by atoms with Crippen molar-refractivity contribution in [2.75, 3.05) is 13.1 Å². The molecule has 0 bridgehead atoms. The number of aromatic hydroxyl groups is 1. The van der Waals surface area contributed by atoms with Crippen LogP contribution in [-0.4, -0.2) is 57.8 Å². The number of hydrogen-bond acceptors (Lipinski definition) is 6. The zero-order chi connectivity index (χ0) is 26.4. The molecule has 6 rings (SSSR count). The van der Waals surface area contributed by atoms with Crippen LogP contribution in [0.4, 0.5) is 0 Å². The Morgan fingerprint density at radius 2 is 1.89 bits per heavy atom. The van der Waals surface area contributed by atoms with Crippen molar-refractivity contribution in [3.63, 3.8) is 0 Å². The lowest BCUT2D eigenvalue weighted by Crippen LogP contribution is -2.29. The topological polar surface area (TPSA) is 118 Å². The van der Waals surface area contributed by atoms with E-state index in [2.05, 4.69) is 14.9 Å². The summed E-state index contributed by atoms with van der Waals surface area (Å²) in [7, 11) is 1.98. The summed E-state index contributed by atoms with van der Waals surface area (Å²) in [5.41, 5.74) is 3.13. The van der Waals surface area contributed by atoms with Gasteiger partial charge < -0.3 is 14.8 Å². The lowest BCUT2D eigenvalue weighted by Gasteiger charge is -2.16. The molecule has 0 saturated carbocycles. The van der Waals surface area contributed by atoms with Crippen molar-refractivity contribution in [3.8, 4) is 22.6 Å². The molecule has 1 fully saturated rings. The molecule has 10 heteroatoms. The van der Waals surface area contributed by atoms with Crippen LogP contribution in [-0.2, 0) is 13.6 Å². The van der Waals surface area contributed by atoms with Gasteiger partial charge in [-0.05, 0) is 54.4 Å². The van der Waals surface area contributed by atoms with Crippen molar-refractivity contribution < 1.29 is 15.0 Å². The van der Waals surface area contributed by atoms with Crippen molar-refractivity contribution in [1.82, 2.24) is 28.6 Å². The van der Waals surface area contributed by atoms with Gasteiger partial charge in [0, 0.05) is 44.3 Å². The van der Waals surface area contributed by atoms with Crippen LogP contribution in [0.5, 0.6) is 5.75 Å². The number of carboxylic acid groups (broad SMARTS) is 1. The van der Waals surface area contributed by atoms with Gasteiger partial charge in [0.1, 0.15) is 11.6 Å². The third-order valence-corrected chi connectivity index (χ3v) is 7.21. The van der Waals surface area contributed by atoms with Gasteiger partial charge in [-0.25, -0.2) is 19.6 Å². The second kappa shape index (κ2) is 9.31. The highest BCUT2D eigenvalue weighted by Crippen LogP contribution is 2.31. The fraction of sp³-hybridized carbons (Fsp3) is 0.214. The average molecular weight is 511 g/mol. The standard InChI is InChI=1S/C28H26N6O4/c1-31-14-12-29-25(31)17-32-13-10-21(16-32)34-26-23(3-2-11-30-26)33(28(34)38)20-7-4-18(5-8-20)22-9-6-19(27(36)37)15-24(22)35/h2-9,11-12,14-15,21,35H,10,13,16-17H2,1H3,(H,36,37)/t21-/m0/s1. The van der Waals surface area contributed by atoms with E-state index in [-0.39, 0.29) is 23.0 Å². The Bertz CT molecular complexity index is 1720. The Kier molecular flexibility index (Phi) is 5.80. The summed E-state index contributed by atoms with van der Waals surface area (Å²) >= 11 is 0. The molecule has 2 N–H and O–H groups in total. The Hall–Kier alpha value is -4.70. The quantitative estimate of drug-likeness (QED) is 0.359. The molecule has 1 aliphatic rings. The van der Waals surface area contributed by atoms with E-state index < -0.39 is 5.97 Å². The summed E-state index contributed by atoms with van der Waals surface area (Å²) < 4.78 is 5.48. The van der Waals surface area contributed by atoms with Crippen molar-refractivity contribution in [2.45, 2.75) is 19.0 Å². The normalized spacial score (nSPS) is 15.9. The third-order valence-electron chi connectivity index (χ3n) is 7.21. The molecule has 192 valence electrons. The maximum atomic E-state index is 13.8. The van der Waals surface area contributed by atoms with Crippen molar-refractivity contribution in [3.05, 3.63) is 95.1 Å². The summed E-state index contributed by atoms with van der Waals surface area (Å²) in [6.45, 7) is 2.32. The lowest BCUT2D eigenvalue weighted by atomic mass is 10.0. The van der Waals surface area contributed by atoms with Crippen molar-refractivity contribution >= 4 is 17.1 Å². The Morgan fingerprint density at radius 3 is 2.61 bits per heavy atom. The van der Waals surface area contributed by atoms with Gasteiger partial charge in [0.25, 0.3) is 0 Å². The van der Waals surface area contributed by atoms with Crippen LogP contribution in [0.25, 0.3) is 28.0 Å². The highest BCUT2D eigenvalue weighted by atomic mass is 16.4. The van der Waals surface area contributed by atoms with Gasteiger partial charge >= 0.3 is 11.7 Å². The van der Waals surface area contributed by atoms with Crippen LogP contribution in [0.15, 0.2) is 78.0 Å². The summed E-state index contributed by atoms with van der Waals surface area (Å²) in [5.74, 6) is -0.234. The maximum Gasteiger partial charge on any atom is 0.335 e. The monoisotopic (exact) mass is 510 g/mol. The second-order valence-corrected chi connectivity index (χ2v) is 9.55. The van der Waals surface area contributed by atoms with E-state index in [9.17, 15) is 14.7 Å². The number of carbonyl (C=O) groups is 1. The molecular formula is C28H26N6O4. The lowest BCUT2D eigenvalue weighted by molar-refractivity contribution is 0.0696. The largest absolute Gasteiger partial charge is 0.507 e. The number of benzene rings is 2. The van der Waals surface area contributed by atoms with E-state index in [1.807, 2.05) is 42.1 Å². The van der Waals surface area contributed by atoms with Gasteiger partial charge in [-0.2, -0.15) is 0 Å². The zero-order valence-corrected chi connectivity index (χ0v) is 20.7. The molecule has 10 nitrogen and oxygen atoms in total. The summed E-state index contributed by atoms with van der Waals surface area (Å²) in [6, 6.07) is 15.2. The molecule has 1 aliphatic heterocycles. The molecule has 2 aromatic carbocycles. The molecule has 38 heavy (non-hydrogen) atoms. The third kappa shape index (κ3) is 4.04. The van der Waals surface area contributed by atoms with Gasteiger partial charge in [0.2, 0.25) is 0 Å². The number of aryl methyl sites for hydroxylation is 1. The summed E-state index contributed by atoms with van der Waals surface area (Å²) in [4.78, 5) is 36.3. The first-order valence-corrected chi connectivity index (χ1v) is 12.3. The molecule has 0 spiro atoms. The van der Waals surface area contributed by atoms with Crippen LogP contribution in [0, 0.1) is 0 Å². The van der Waals surface area contributed by atoms with E-state index in [0.29, 0.717) is 22.5 Å². The number of pyridine rings is 1. The van der Waals surface area contributed by atoms with E-state index in [1.54, 1.807) is 39.7 Å². The minimum atomic E-state index is -1.10. The molecule has 5 aromatic rings. The molecule has 0 amide bonds. The fourth-order valence-electron chi connectivity index (χ4n) is 5.24. The molecule has 0 radical (unpaired) electrons. The number of imidazole rings is 2. The molecule has 0 unspecified atom stereocenters. The first-order chi connectivity index (χ1) is 18.4. The van der Waals surface area contributed by atoms with E-state index in [0.717, 1.165) is 37.4 Å². The van der Waals surface area contributed by atoms with E-state index >= 15 is 0 Å². The number of aromatic nitrogens is 5. The first-order valence-electron chi connectivity index (χ1n) is 12.3. The zero-order valence-electron chi connectivity index (χ0n) is 20.7. The SMILES string of the molecule is Cn1ccnc1CN1CC[C@H](n2c(=O)n(-c3ccc(-c4ccc(C(=O)O)cc4O)cc3)c3cccnc32)C1. The van der Waals surface area contributed by atoms with E-state index in [1.165, 1.54) is 12.1 Å². The predicted octanol–water partition coefficient (Wildman–Crippen LogP) is 3.44. The number of fused-ring (bicyclic) bond motifs is 1. The molecular weight excluding hydrogens is 484 g/mol. The average Bonchev–Trinajstić information content (AvgIpc) is 3.61. The summed E-state index contributed by atoms with van der Waals surface area (Å²) in [5, 5.41) is 19.5. The number of carboxylic acids is 1. The van der Waals surface area contributed by atoms with Crippen molar-refractivity contribution in [1.29, 1.82) is 0 Å². The van der Waals surface area contributed by atoms with Crippen LogP contribution >= 0.6 is 0 Å². The number of aromatic carboxylic acids is 1. The molecule has 3 aromatic heterocycles. The molecule has 4 heterocycles. The van der Waals surface area contributed by atoms with Gasteiger partial charge in [0.05, 0.1) is 29.4 Å².